The standard InChI is InChI=1S/C33H44F2N4O4/c1-4-10-38(11-5-2)33(43)24-14-21(3)13-23(18-24)32(42)37-29(17-22-15-25(34)19-26(35)16-22)31(41)28-20-27(8-9-36-28)39-12-6-7-30(39)40/h13-16,18-19,27-29,31,36,41H,4-12,17,20H2,1-3H3,(H,37,42)/t27-,28+,29-,31+/m0/s1. The maximum atomic E-state index is 14.1. The lowest BCUT2D eigenvalue weighted by Crippen LogP contribution is -2.58. The van der Waals surface area contributed by atoms with Crippen LogP contribution in [-0.2, 0) is 11.2 Å². The van der Waals surface area contributed by atoms with Gasteiger partial charge in [0.05, 0.1) is 12.1 Å². The van der Waals surface area contributed by atoms with E-state index in [0.717, 1.165) is 37.3 Å². The highest BCUT2D eigenvalue weighted by atomic mass is 19.1. The Kier molecular flexibility index (Phi) is 11.3. The third-order valence-electron chi connectivity index (χ3n) is 8.34. The summed E-state index contributed by atoms with van der Waals surface area (Å²) in [5.41, 5.74) is 1.69. The predicted octanol–water partition coefficient (Wildman–Crippen LogP) is 3.98. The number of rotatable bonds is 12. The Morgan fingerprint density at radius 3 is 2.37 bits per heavy atom. The Hall–Kier alpha value is -3.37. The van der Waals surface area contributed by atoms with Crippen LogP contribution in [0.2, 0.25) is 0 Å². The normalized spacial score (nSPS) is 20.1. The van der Waals surface area contributed by atoms with Gasteiger partial charge < -0.3 is 25.5 Å². The molecule has 0 bridgehead atoms. The molecule has 4 atom stereocenters. The first-order valence-electron chi connectivity index (χ1n) is 15.5. The summed E-state index contributed by atoms with van der Waals surface area (Å²) in [6.45, 7) is 8.32. The van der Waals surface area contributed by atoms with Crippen LogP contribution in [0.25, 0.3) is 0 Å². The third-order valence-corrected chi connectivity index (χ3v) is 8.34. The topological polar surface area (TPSA) is 102 Å². The number of aliphatic hydroxyl groups is 1. The van der Waals surface area contributed by atoms with Gasteiger partial charge in [0.15, 0.2) is 0 Å². The summed E-state index contributed by atoms with van der Waals surface area (Å²) in [6.07, 6.45) is 3.07. The summed E-state index contributed by atoms with van der Waals surface area (Å²) < 4.78 is 28.2. The Labute approximate surface area is 252 Å². The van der Waals surface area contributed by atoms with E-state index >= 15 is 0 Å². The number of aliphatic hydroxyl groups excluding tert-OH is 1. The van der Waals surface area contributed by atoms with Crippen LogP contribution >= 0.6 is 0 Å². The molecule has 0 spiro atoms. The molecule has 2 aromatic carbocycles. The van der Waals surface area contributed by atoms with E-state index in [1.807, 2.05) is 25.7 Å². The minimum absolute atomic E-state index is 0.0224. The molecule has 10 heteroatoms. The van der Waals surface area contributed by atoms with Gasteiger partial charge in [0.1, 0.15) is 11.6 Å². The summed E-state index contributed by atoms with van der Waals surface area (Å²) in [4.78, 5) is 43.0. The molecule has 0 aliphatic carbocycles. The number of likely N-dealkylation sites (tertiary alicyclic amines) is 1. The number of hydrogen-bond acceptors (Lipinski definition) is 5. The average Bonchev–Trinajstić information content (AvgIpc) is 3.41. The number of carbonyl (C=O) groups excluding carboxylic acids is 3. The predicted molar refractivity (Wildman–Crippen MR) is 161 cm³/mol. The smallest absolute Gasteiger partial charge is 0.253 e. The Morgan fingerprint density at radius 1 is 1.07 bits per heavy atom. The van der Waals surface area contributed by atoms with Crippen LogP contribution in [0.15, 0.2) is 36.4 Å². The first kappa shape index (κ1) is 32.5. The minimum atomic E-state index is -1.12. The zero-order valence-electron chi connectivity index (χ0n) is 25.4. The van der Waals surface area contributed by atoms with Crippen LogP contribution in [-0.4, -0.2) is 83.0 Å². The van der Waals surface area contributed by atoms with Crippen molar-refractivity contribution in [2.75, 3.05) is 26.2 Å². The van der Waals surface area contributed by atoms with Crippen LogP contribution in [0.4, 0.5) is 8.78 Å². The summed E-state index contributed by atoms with van der Waals surface area (Å²) in [5.74, 6) is -2.03. The van der Waals surface area contributed by atoms with Crippen LogP contribution in [0.5, 0.6) is 0 Å². The van der Waals surface area contributed by atoms with E-state index in [4.69, 9.17) is 0 Å². The molecule has 2 fully saturated rings. The van der Waals surface area contributed by atoms with E-state index < -0.39 is 35.7 Å². The van der Waals surface area contributed by atoms with E-state index in [2.05, 4.69) is 10.6 Å². The highest BCUT2D eigenvalue weighted by Gasteiger charge is 2.37. The van der Waals surface area contributed by atoms with Crippen LogP contribution in [0.1, 0.15) is 84.2 Å². The molecule has 0 aromatic heterocycles. The lowest BCUT2D eigenvalue weighted by Gasteiger charge is -2.40. The molecular formula is C33H44F2N4O4. The van der Waals surface area contributed by atoms with E-state index in [1.165, 1.54) is 12.1 Å². The second-order valence-corrected chi connectivity index (χ2v) is 11.9. The lowest BCUT2D eigenvalue weighted by molar-refractivity contribution is -0.130. The molecule has 2 aromatic rings. The maximum absolute atomic E-state index is 14.1. The molecule has 3 N–H and O–H groups in total. The zero-order chi connectivity index (χ0) is 31.1. The summed E-state index contributed by atoms with van der Waals surface area (Å²) in [7, 11) is 0. The van der Waals surface area contributed by atoms with Crippen LogP contribution < -0.4 is 10.6 Å². The van der Waals surface area contributed by atoms with E-state index in [-0.39, 0.29) is 29.8 Å². The fraction of sp³-hybridized carbons (Fsp3) is 0.545. The number of piperidine rings is 1. The van der Waals surface area contributed by atoms with Gasteiger partial charge in [-0.3, -0.25) is 14.4 Å². The molecule has 0 unspecified atom stereocenters. The van der Waals surface area contributed by atoms with Crippen molar-refractivity contribution >= 4 is 17.7 Å². The van der Waals surface area contributed by atoms with Gasteiger partial charge in [-0.15, -0.1) is 0 Å². The summed E-state index contributed by atoms with van der Waals surface area (Å²) >= 11 is 0. The monoisotopic (exact) mass is 598 g/mol. The number of amides is 3. The Bertz CT molecular complexity index is 1280. The minimum Gasteiger partial charge on any atom is -0.389 e. The first-order valence-corrected chi connectivity index (χ1v) is 15.5. The Morgan fingerprint density at radius 2 is 1.74 bits per heavy atom. The molecule has 2 aliphatic heterocycles. The first-order chi connectivity index (χ1) is 20.6. The van der Waals surface area contributed by atoms with Gasteiger partial charge in [0.25, 0.3) is 11.8 Å². The highest BCUT2D eigenvalue weighted by molar-refractivity contribution is 6.00. The van der Waals surface area contributed by atoms with Crippen molar-refractivity contribution in [2.24, 2.45) is 0 Å². The van der Waals surface area contributed by atoms with Crippen molar-refractivity contribution in [2.45, 2.75) is 89.9 Å². The SMILES string of the molecule is CCCN(CCC)C(=O)c1cc(C)cc(C(=O)N[C@@H](Cc2cc(F)cc(F)c2)[C@H](O)[C@H]2C[C@@H](N3CCCC3=O)CCN2)c1. The van der Waals surface area contributed by atoms with Crippen molar-refractivity contribution < 1.29 is 28.3 Å². The van der Waals surface area contributed by atoms with Crippen molar-refractivity contribution in [3.05, 3.63) is 70.3 Å². The molecule has 4 rings (SSSR count). The van der Waals surface area contributed by atoms with Crippen molar-refractivity contribution in [1.82, 2.24) is 20.4 Å². The fourth-order valence-corrected chi connectivity index (χ4v) is 6.38. The number of nitrogens with zero attached hydrogens (tertiary/aromatic N) is 2. The quantitative estimate of drug-likeness (QED) is 0.343. The highest BCUT2D eigenvalue weighted by Crippen LogP contribution is 2.25. The van der Waals surface area contributed by atoms with Crippen LogP contribution in [0, 0.1) is 18.6 Å². The van der Waals surface area contributed by atoms with Gasteiger partial charge in [-0.2, -0.15) is 0 Å². The van der Waals surface area contributed by atoms with Crippen molar-refractivity contribution in [1.29, 1.82) is 0 Å². The molecule has 8 nitrogen and oxygen atoms in total. The zero-order valence-corrected chi connectivity index (χ0v) is 25.4. The van der Waals surface area contributed by atoms with Gasteiger partial charge in [-0.05, 0) is 93.5 Å². The van der Waals surface area contributed by atoms with Crippen LogP contribution in [0.3, 0.4) is 0 Å². The van der Waals surface area contributed by atoms with Gasteiger partial charge >= 0.3 is 0 Å². The number of aryl methyl sites for hydroxylation is 1. The molecule has 234 valence electrons. The second kappa shape index (κ2) is 14.9. The number of hydrogen-bond donors (Lipinski definition) is 3. The third kappa shape index (κ3) is 8.38. The molecule has 2 saturated heterocycles. The fourth-order valence-electron chi connectivity index (χ4n) is 6.38. The molecule has 0 radical (unpaired) electrons. The van der Waals surface area contributed by atoms with Crippen molar-refractivity contribution in [3.63, 3.8) is 0 Å². The lowest BCUT2D eigenvalue weighted by atomic mass is 9.88. The number of benzene rings is 2. The molecule has 43 heavy (non-hydrogen) atoms. The number of nitrogens with one attached hydrogen (secondary N) is 2. The molecule has 2 aliphatic rings. The largest absolute Gasteiger partial charge is 0.389 e. The van der Waals surface area contributed by atoms with Crippen molar-refractivity contribution in [3.8, 4) is 0 Å². The number of halogens is 2. The molecular weight excluding hydrogens is 554 g/mol. The van der Waals surface area contributed by atoms with E-state index in [0.29, 0.717) is 50.1 Å². The van der Waals surface area contributed by atoms with E-state index in [9.17, 15) is 28.3 Å². The van der Waals surface area contributed by atoms with Gasteiger partial charge in [0, 0.05) is 55.3 Å². The maximum Gasteiger partial charge on any atom is 0.253 e. The summed E-state index contributed by atoms with van der Waals surface area (Å²) in [6, 6.07) is 6.75. The summed E-state index contributed by atoms with van der Waals surface area (Å²) in [5, 5.41) is 17.8. The molecule has 3 amide bonds. The average molecular weight is 599 g/mol. The molecule has 0 saturated carbocycles. The second-order valence-electron chi connectivity index (χ2n) is 11.9. The Balaban J connectivity index is 1.58. The number of carbonyl (C=O) groups is 3. The molecule has 2 heterocycles. The van der Waals surface area contributed by atoms with Gasteiger partial charge in [-0.25, -0.2) is 8.78 Å². The van der Waals surface area contributed by atoms with E-state index in [1.54, 1.807) is 23.1 Å². The van der Waals surface area contributed by atoms with Gasteiger partial charge in [-0.1, -0.05) is 13.8 Å². The van der Waals surface area contributed by atoms with Gasteiger partial charge in [0.2, 0.25) is 5.91 Å².